The Morgan fingerprint density at radius 2 is 2.10 bits per heavy atom. The molecule has 0 amide bonds. The Hall–Kier alpha value is -1.58. The molecule has 0 aromatic carbocycles. The normalized spacial score (nSPS) is 15.9. The lowest BCUT2D eigenvalue weighted by atomic mass is 10.1. The summed E-state index contributed by atoms with van der Waals surface area (Å²) in [5.41, 5.74) is 0.656. The van der Waals surface area contributed by atoms with E-state index in [-0.39, 0.29) is 6.10 Å². The molecular formula is C17H24N2O2. The van der Waals surface area contributed by atoms with Crippen molar-refractivity contribution in [1.82, 2.24) is 9.97 Å². The largest absolute Gasteiger partial charge is 0.460 e. The van der Waals surface area contributed by atoms with Gasteiger partial charge in [0.15, 0.2) is 0 Å². The fraction of sp³-hybridized carbons (Fsp3) is 0.647. The van der Waals surface area contributed by atoms with Crippen LogP contribution >= 0.6 is 0 Å². The van der Waals surface area contributed by atoms with Gasteiger partial charge in [-0.15, -0.1) is 0 Å². The molecular weight excluding hydrogens is 264 g/mol. The summed E-state index contributed by atoms with van der Waals surface area (Å²) in [6.45, 7) is 2.22. The first kappa shape index (κ1) is 14.4. The van der Waals surface area contributed by atoms with E-state index in [4.69, 9.17) is 9.15 Å². The molecule has 0 radical (unpaired) electrons. The van der Waals surface area contributed by atoms with Crippen molar-refractivity contribution in [2.75, 3.05) is 0 Å². The summed E-state index contributed by atoms with van der Waals surface area (Å²) in [7, 11) is 0. The third kappa shape index (κ3) is 3.74. The highest BCUT2D eigenvalue weighted by molar-refractivity contribution is 5.73. The van der Waals surface area contributed by atoms with Crippen molar-refractivity contribution in [2.45, 2.75) is 70.8 Å². The molecule has 2 aromatic rings. The molecule has 0 unspecified atom stereocenters. The lowest BCUT2D eigenvalue weighted by Gasteiger charge is -2.09. The van der Waals surface area contributed by atoms with Crippen molar-refractivity contribution in [2.24, 2.45) is 0 Å². The van der Waals surface area contributed by atoms with E-state index in [0.717, 1.165) is 30.4 Å². The van der Waals surface area contributed by atoms with Crippen LogP contribution in [0.4, 0.5) is 0 Å². The number of furan rings is 1. The summed E-state index contributed by atoms with van der Waals surface area (Å²) in [5.74, 6) is 1.01. The zero-order chi connectivity index (χ0) is 14.5. The van der Waals surface area contributed by atoms with Crippen LogP contribution in [0.15, 0.2) is 16.7 Å². The Bertz CT molecular complexity index is 573. The van der Waals surface area contributed by atoms with Gasteiger partial charge in [-0.05, 0) is 38.2 Å². The molecule has 0 aliphatic heterocycles. The minimum atomic E-state index is 0.283. The lowest BCUT2D eigenvalue weighted by Crippen LogP contribution is -2.12. The average molecular weight is 288 g/mol. The predicted octanol–water partition coefficient (Wildman–Crippen LogP) is 4.67. The first-order chi connectivity index (χ1) is 10.3. The van der Waals surface area contributed by atoms with Crippen molar-refractivity contribution in [3.63, 3.8) is 0 Å². The van der Waals surface area contributed by atoms with Crippen molar-refractivity contribution in [3.05, 3.63) is 18.0 Å². The van der Waals surface area contributed by atoms with E-state index < -0.39 is 0 Å². The highest BCUT2D eigenvalue weighted by Gasteiger charge is 2.18. The van der Waals surface area contributed by atoms with Crippen molar-refractivity contribution in [1.29, 1.82) is 0 Å². The molecule has 2 aromatic heterocycles. The summed E-state index contributed by atoms with van der Waals surface area (Å²) >= 11 is 0. The molecule has 0 saturated heterocycles. The molecule has 0 bridgehead atoms. The standard InChI is InChI=1S/C17H24N2O2/c1-2-3-4-5-10-15-11-13-12-18-17(19-16(13)20-15)21-14-8-6-7-9-14/h11-12,14H,2-10H2,1H3. The quantitative estimate of drug-likeness (QED) is 0.695. The first-order valence-electron chi connectivity index (χ1n) is 8.27. The van der Waals surface area contributed by atoms with Crippen molar-refractivity contribution >= 4 is 11.1 Å². The van der Waals surface area contributed by atoms with Crippen LogP contribution in [-0.4, -0.2) is 16.1 Å². The van der Waals surface area contributed by atoms with Crippen LogP contribution < -0.4 is 4.74 Å². The molecule has 2 heterocycles. The number of hydrogen-bond acceptors (Lipinski definition) is 4. The van der Waals surface area contributed by atoms with E-state index in [1.807, 2.05) is 6.20 Å². The smallest absolute Gasteiger partial charge is 0.320 e. The van der Waals surface area contributed by atoms with Crippen LogP contribution in [0.25, 0.3) is 11.1 Å². The highest BCUT2D eigenvalue weighted by Crippen LogP contribution is 2.24. The Labute approximate surface area is 125 Å². The van der Waals surface area contributed by atoms with Gasteiger partial charge in [-0.2, -0.15) is 4.98 Å². The lowest BCUT2D eigenvalue weighted by molar-refractivity contribution is 0.192. The Morgan fingerprint density at radius 3 is 2.90 bits per heavy atom. The van der Waals surface area contributed by atoms with E-state index in [0.29, 0.717) is 11.7 Å². The summed E-state index contributed by atoms with van der Waals surface area (Å²) < 4.78 is 11.6. The molecule has 4 nitrogen and oxygen atoms in total. The summed E-state index contributed by atoms with van der Waals surface area (Å²) in [6.07, 6.45) is 12.8. The number of unbranched alkanes of at least 4 members (excludes halogenated alkanes) is 3. The maximum Gasteiger partial charge on any atom is 0.320 e. The van der Waals surface area contributed by atoms with Crippen LogP contribution in [0, 0.1) is 0 Å². The van der Waals surface area contributed by atoms with E-state index in [9.17, 15) is 0 Å². The zero-order valence-corrected chi connectivity index (χ0v) is 12.8. The maximum atomic E-state index is 5.82. The van der Waals surface area contributed by atoms with Gasteiger partial charge < -0.3 is 9.15 Å². The van der Waals surface area contributed by atoms with E-state index in [2.05, 4.69) is 23.0 Å². The average Bonchev–Trinajstić information content (AvgIpc) is 3.12. The third-order valence-electron chi connectivity index (χ3n) is 4.15. The van der Waals surface area contributed by atoms with Gasteiger partial charge in [0.25, 0.3) is 0 Å². The molecule has 1 fully saturated rings. The molecule has 21 heavy (non-hydrogen) atoms. The van der Waals surface area contributed by atoms with E-state index >= 15 is 0 Å². The highest BCUT2D eigenvalue weighted by atomic mass is 16.5. The maximum absolute atomic E-state index is 5.82. The van der Waals surface area contributed by atoms with Gasteiger partial charge in [-0.3, -0.25) is 0 Å². The van der Waals surface area contributed by atoms with Crippen LogP contribution in [-0.2, 0) is 6.42 Å². The minimum Gasteiger partial charge on any atom is -0.460 e. The van der Waals surface area contributed by atoms with Crippen molar-refractivity contribution < 1.29 is 9.15 Å². The van der Waals surface area contributed by atoms with Gasteiger partial charge >= 0.3 is 6.01 Å². The van der Waals surface area contributed by atoms with Crippen LogP contribution in [0.5, 0.6) is 6.01 Å². The Balaban J connectivity index is 1.63. The topological polar surface area (TPSA) is 48.2 Å². The molecule has 114 valence electrons. The third-order valence-corrected chi connectivity index (χ3v) is 4.15. The van der Waals surface area contributed by atoms with Crippen LogP contribution in [0.3, 0.4) is 0 Å². The van der Waals surface area contributed by atoms with Crippen LogP contribution in [0.1, 0.15) is 64.1 Å². The molecule has 0 atom stereocenters. The van der Waals surface area contributed by atoms with Gasteiger partial charge in [0, 0.05) is 12.6 Å². The Morgan fingerprint density at radius 1 is 1.24 bits per heavy atom. The number of fused-ring (bicyclic) bond motifs is 1. The monoisotopic (exact) mass is 288 g/mol. The van der Waals surface area contributed by atoms with E-state index in [1.165, 1.54) is 38.5 Å². The second kappa shape index (κ2) is 6.92. The molecule has 1 aliphatic rings. The van der Waals surface area contributed by atoms with Gasteiger partial charge in [-0.1, -0.05) is 26.2 Å². The second-order valence-electron chi connectivity index (χ2n) is 5.96. The molecule has 1 aliphatic carbocycles. The summed E-state index contributed by atoms with van der Waals surface area (Å²) in [4.78, 5) is 8.70. The number of hydrogen-bond donors (Lipinski definition) is 0. The fourth-order valence-corrected chi connectivity index (χ4v) is 2.93. The molecule has 1 saturated carbocycles. The van der Waals surface area contributed by atoms with Gasteiger partial charge in [0.1, 0.15) is 11.9 Å². The number of aromatic nitrogens is 2. The first-order valence-corrected chi connectivity index (χ1v) is 8.27. The van der Waals surface area contributed by atoms with Gasteiger partial charge in [-0.25, -0.2) is 4.98 Å². The fourth-order valence-electron chi connectivity index (χ4n) is 2.93. The molecule has 4 heteroatoms. The summed E-state index contributed by atoms with van der Waals surface area (Å²) in [6, 6.07) is 2.52. The second-order valence-corrected chi connectivity index (χ2v) is 5.96. The predicted molar refractivity (Wildman–Crippen MR) is 82.5 cm³/mol. The number of aryl methyl sites for hydroxylation is 1. The number of nitrogens with zero attached hydrogens (tertiary/aromatic N) is 2. The van der Waals surface area contributed by atoms with Crippen LogP contribution in [0.2, 0.25) is 0 Å². The van der Waals surface area contributed by atoms with Crippen molar-refractivity contribution in [3.8, 4) is 6.01 Å². The molecule has 0 N–H and O–H groups in total. The number of ether oxygens (including phenoxy) is 1. The molecule has 0 spiro atoms. The Kier molecular flexibility index (Phi) is 4.73. The SMILES string of the molecule is CCCCCCc1cc2cnc(OC3CCCC3)nc2o1. The number of rotatable bonds is 7. The minimum absolute atomic E-state index is 0.283. The van der Waals surface area contributed by atoms with Gasteiger partial charge in [0.05, 0.1) is 5.39 Å². The zero-order valence-electron chi connectivity index (χ0n) is 12.8. The molecule has 3 rings (SSSR count). The van der Waals surface area contributed by atoms with Gasteiger partial charge in [0.2, 0.25) is 5.71 Å². The van der Waals surface area contributed by atoms with E-state index in [1.54, 1.807) is 0 Å². The summed E-state index contributed by atoms with van der Waals surface area (Å²) in [5, 5.41) is 0.972.